The van der Waals surface area contributed by atoms with Crippen LogP contribution in [-0.2, 0) is 27.3 Å². The van der Waals surface area contributed by atoms with E-state index in [1.165, 1.54) is 11.3 Å². The largest absolute Gasteiger partial charge is 0.465 e. The number of carbonyl (C=O) groups is 2. The summed E-state index contributed by atoms with van der Waals surface area (Å²) in [6, 6.07) is 17.5. The summed E-state index contributed by atoms with van der Waals surface area (Å²) in [6.07, 6.45) is 0.175. The number of hydrogen-bond donors (Lipinski definition) is 0. The number of aromatic nitrogens is 1. The van der Waals surface area contributed by atoms with Crippen LogP contribution < -0.4 is 4.80 Å². The molecule has 0 N–H and O–H groups in total. The molecule has 0 unspecified atom stereocenters. The number of halogens is 1. The molecule has 4 rings (SSSR count). The van der Waals surface area contributed by atoms with E-state index >= 15 is 0 Å². The third kappa shape index (κ3) is 4.40. The highest BCUT2D eigenvalue weighted by molar-refractivity contribution is 7.16. The van der Waals surface area contributed by atoms with Crippen molar-refractivity contribution in [2.75, 3.05) is 6.61 Å². The van der Waals surface area contributed by atoms with Crippen molar-refractivity contribution >= 4 is 55.8 Å². The summed E-state index contributed by atoms with van der Waals surface area (Å²) in [7, 11) is 0. The molecule has 158 valence electrons. The Hall–Kier alpha value is -2.96. The highest BCUT2D eigenvalue weighted by Crippen LogP contribution is 2.27. The maximum Gasteiger partial charge on any atom is 0.326 e. The molecule has 0 saturated heterocycles. The summed E-state index contributed by atoms with van der Waals surface area (Å²) in [5.41, 5.74) is 2.55. The number of rotatable bonds is 5. The zero-order valence-electron chi connectivity index (χ0n) is 17.2. The van der Waals surface area contributed by atoms with Gasteiger partial charge in [0.05, 0.1) is 23.2 Å². The van der Waals surface area contributed by atoms with Gasteiger partial charge in [0.2, 0.25) is 0 Å². The third-order valence-electron chi connectivity index (χ3n) is 5.06. The molecule has 4 aromatic rings. The first-order valence-electron chi connectivity index (χ1n) is 9.96. The molecule has 1 heterocycles. The summed E-state index contributed by atoms with van der Waals surface area (Å²) >= 11 is 7.67. The van der Waals surface area contributed by atoms with Gasteiger partial charge in [-0.15, -0.1) is 0 Å². The van der Waals surface area contributed by atoms with E-state index in [4.69, 9.17) is 16.3 Å². The predicted molar refractivity (Wildman–Crippen MR) is 124 cm³/mol. The monoisotopic (exact) mass is 452 g/mol. The fraction of sp³-hybridized carbons (Fsp3) is 0.208. The Morgan fingerprint density at radius 1 is 1.10 bits per heavy atom. The van der Waals surface area contributed by atoms with Crippen molar-refractivity contribution in [2.24, 2.45) is 4.99 Å². The summed E-state index contributed by atoms with van der Waals surface area (Å²) < 4.78 is 7.75. The standard InChI is InChI=1S/C24H21ClN2O3S/c1-3-30-22(29)14-27-23-15(2)19(25)11-12-20(23)31-24(27)26-21(28)13-17-9-6-8-16-7-4-5-10-18(16)17/h4-12H,3,13-14H2,1-2H3. The minimum atomic E-state index is -0.385. The Morgan fingerprint density at radius 3 is 2.68 bits per heavy atom. The number of hydrogen-bond acceptors (Lipinski definition) is 4. The van der Waals surface area contributed by atoms with Crippen molar-refractivity contribution in [1.29, 1.82) is 0 Å². The van der Waals surface area contributed by atoms with Crippen LogP contribution in [0.1, 0.15) is 18.1 Å². The average molecular weight is 453 g/mol. The Morgan fingerprint density at radius 2 is 1.87 bits per heavy atom. The minimum Gasteiger partial charge on any atom is -0.465 e. The van der Waals surface area contributed by atoms with Gasteiger partial charge in [-0.1, -0.05) is 65.4 Å². The lowest BCUT2D eigenvalue weighted by atomic mass is 10.0. The van der Waals surface area contributed by atoms with Crippen molar-refractivity contribution in [3.63, 3.8) is 0 Å². The molecule has 0 aliphatic rings. The molecular formula is C24H21ClN2O3S. The van der Waals surface area contributed by atoms with Crippen molar-refractivity contribution in [3.8, 4) is 0 Å². The van der Waals surface area contributed by atoms with Crippen LogP contribution in [0.4, 0.5) is 0 Å². The minimum absolute atomic E-state index is 0.0323. The van der Waals surface area contributed by atoms with Crippen LogP contribution in [0.5, 0.6) is 0 Å². The van der Waals surface area contributed by atoms with Gasteiger partial charge >= 0.3 is 5.97 Å². The van der Waals surface area contributed by atoms with Gasteiger partial charge in [-0.2, -0.15) is 4.99 Å². The van der Waals surface area contributed by atoms with E-state index in [-0.39, 0.29) is 31.4 Å². The Kier molecular flexibility index (Phi) is 6.20. The van der Waals surface area contributed by atoms with Gasteiger partial charge in [-0.25, -0.2) is 0 Å². The molecule has 5 nitrogen and oxygen atoms in total. The maximum atomic E-state index is 12.9. The van der Waals surface area contributed by atoms with E-state index in [0.717, 1.165) is 32.1 Å². The summed E-state index contributed by atoms with van der Waals surface area (Å²) in [6.45, 7) is 3.90. The van der Waals surface area contributed by atoms with Crippen molar-refractivity contribution in [2.45, 2.75) is 26.8 Å². The van der Waals surface area contributed by atoms with Gasteiger partial charge < -0.3 is 9.30 Å². The first-order chi connectivity index (χ1) is 15.0. The molecule has 7 heteroatoms. The van der Waals surface area contributed by atoms with Crippen LogP contribution in [0.2, 0.25) is 5.02 Å². The fourth-order valence-corrected chi connectivity index (χ4v) is 4.90. The van der Waals surface area contributed by atoms with Gasteiger partial charge in [0.15, 0.2) is 4.80 Å². The number of aryl methyl sites for hydroxylation is 1. The summed E-state index contributed by atoms with van der Waals surface area (Å²) in [5, 5.41) is 2.71. The SMILES string of the molecule is CCOC(=O)Cn1c(=NC(=O)Cc2cccc3ccccc23)sc2ccc(Cl)c(C)c21. The molecule has 0 spiro atoms. The molecule has 0 aliphatic heterocycles. The van der Waals surface area contributed by atoms with E-state index in [1.807, 2.05) is 61.5 Å². The number of ether oxygens (including phenoxy) is 1. The summed E-state index contributed by atoms with van der Waals surface area (Å²) in [4.78, 5) is 30.0. The lowest BCUT2D eigenvalue weighted by Gasteiger charge is -2.08. The second kappa shape index (κ2) is 9.04. The van der Waals surface area contributed by atoms with Crippen molar-refractivity contribution in [1.82, 2.24) is 4.57 Å². The normalized spacial score (nSPS) is 11.9. The molecule has 0 atom stereocenters. The molecule has 0 radical (unpaired) electrons. The Labute approximate surface area is 188 Å². The van der Waals surface area contributed by atoms with Gasteiger partial charge in [0, 0.05) is 5.02 Å². The zero-order valence-corrected chi connectivity index (χ0v) is 18.8. The van der Waals surface area contributed by atoms with Gasteiger partial charge in [-0.05, 0) is 47.9 Å². The van der Waals surface area contributed by atoms with Crippen molar-refractivity contribution < 1.29 is 14.3 Å². The molecule has 1 amide bonds. The molecule has 0 fully saturated rings. The van der Waals surface area contributed by atoms with Gasteiger partial charge in [0.1, 0.15) is 6.54 Å². The number of amides is 1. The Balaban J connectivity index is 1.77. The zero-order chi connectivity index (χ0) is 22.0. The second-order valence-corrected chi connectivity index (χ2v) is 8.53. The average Bonchev–Trinajstić information content (AvgIpc) is 3.08. The lowest BCUT2D eigenvalue weighted by Crippen LogP contribution is -2.23. The van der Waals surface area contributed by atoms with E-state index < -0.39 is 0 Å². The van der Waals surface area contributed by atoms with Crippen molar-refractivity contribution in [3.05, 3.63) is 75.5 Å². The van der Waals surface area contributed by atoms with E-state index in [1.54, 1.807) is 11.5 Å². The van der Waals surface area contributed by atoms with Gasteiger partial charge in [0.25, 0.3) is 5.91 Å². The third-order valence-corrected chi connectivity index (χ3v) is 6.52. The second-order valence-electron chi connectivity index (χ2n) is 7.12. The number of esters is 1. The molecule has 0 bridgehead atoms. The smallest absolute Gasteiger partial charge is 0.326 e. The molecule has 1 aromatic heterocycles. The predicted octanol–water partition coefficient (Wildman–Crippen LogP) is 5.05. The first-order valence-corrected chi connectivity index (χ1v) is 11.2. The molecule has 31 heavy (non-hydrogen) atoms. The highest BCUT2D eigenvalue weighted by Gasteiger charge is 2.16. The quantitative estimate of drug-likeness (QED) is 0.398. The first kappa shape index (κ1) is 21.3. The number of fused-ring (bicyclic) bond motifs is 2. The number of carbonyl (C=O) groups excluding carboxylic acids is 2. The van der Waals surface area contributed by atoms with Crippen LogP contribution in [0.15, 0.2) is 59.6 Å². The topological polar surface area (TPSA) is 60.7 Å². The molecule has 0 aliphatic carbocycles. The summed E-state index contributed by atoms with van der Waals surface area (Å²) in [5.74, 6) is -0.659. The fourth-order valence-electron chi connectivity index (χ4n) is 3.64. The van der Waals surface area contributed by atoms with Crippen LogP contribution in [0, 0.1) is 6.92 Å². The number of benzene rings is 3. The van der Waals surface area contributed by atoms with E-state index in [9.17, 15) is 9.59 Å². The van der Waals surface area contributed by atoms with E-state index in [0.29, 0.717) is 9.82 Å². The molecule has 3 aromatic carbocycles. The molecule has 0 saturated carbocycles. The van der Waals surface area contributed by atoms with E-state index in [2.05, 4.69) is 4.99 Å². The van der Waals surface area contributed by atoms with Crippen LogP contribution in [0.3, 0.4) is 0 Å². The van der Waals surface area contributed by atoms with Gasteiger partial charge in [-0.3, -0.25) is 9.59 Å². The maximum absolute atomic E-state index is 12.9. The lowest BCUT2D eigenvalue weighted by molar-refractivity contribution is -0.143. The number of nitrogens with zero attached hydrogens (tertiary/aromatic N) is 2. The van der Waals surface area contributed by atoms with Crippen LogP contribution in [-0.4, -0.2) is 23.1 Å². The molecular weight excluding hydrogens is 432 g/mol. The van der Waals surface area contributed by atoms with Crippen LogP contribution in [0.25, 0.3) is 21.0 Å². The Bertz CT molecular complexity index is 1370. The highest BCUT2D eigenvalue weighted by atomic mass is 35.5. The van der Waals surface area contributed by atoms with Crippen LogP contribution >= 0.6 is 22.9 Å². The number of thiazole rings is 1.